The number of aryl methyl sites for hydroxylation is 1. The third-order valence-electron chi connectivity index (χ3n) is 2.33. The van der Waals surface area contributed by atoms with Crippen molar-refractivity contribution < 1.29 is 0 Å². The van der Waals surface area contributed by atoms with Crippen LogP contribution < -0.4 is 5.32 Å². The summed E-state index contributed by atoms with van der Waals surface area (Å²) in [6.07, 6.45) is 0. The zero-order chi connectivity index (χ0) is 11.8. The topological polar surface area (TPSA) is 42.2 Å². The van der Waals surface area contributed by atoms with Gasteiger partial charge in [0.15, 0.2) is 5.65 Å². The lowest BCUT2D eigenvalue weighted by Crippen LogP contribution is -2.19. The van der Waals surface area contributed by atoms with Crippen LogP contribution in [-0.4, -0.2) is 21.1 Å². The minimum atomic E-state index is 0.229. The zero-order valence-electron chi connectivity index (χ0n) is 10.3. The minimum absolute atomic E-state index is 0.229. The second-order valence-corrected chi connectivity index (χ2v) is 5.29. The van der Waals surface area contributed by atoms with Crippen molar-refractivity contribution >= 4 is 11.6 Å². The van der Waals surface area contributed by atoms with Crippen molar-refractivity contribution in [1.82, 2.24) is 14.6 Å². The van der Waals surface area contributed by atoms with Crippen LogP contribution in [0.1, 0.15) is 26.5 Å². The Morgan fingerprint density at radius 3 is 2.69 bits per heavy atom. The third kappa shape index (κ3) is 2.32. The number of hydrogen-bond donors (Lipinski definition) is 1. The second kappa shape index (κ2) is 3.77. The van der Waals surface area contributed by atoms with E-state index in [0.717, 1.165) is 17.9 Å². The second-order valence-electron chi connectivity index (χ2n) is 5.29. The highest BCUT2D eigenvalue weighted by Gasteiger charge is 2.11. The minimum Gasteiger partial charge on any atom is -0.352 e. The van der Waals surface area contributed by atoms with E-state index in [0.29, 0.717) is 5.95 Å². The lowest BCUT2D eigenvalue weighted by molar-refractivity contribution is 0.442. The first kappa shape index (κ1) is 10.9. The maximum absolute atomic E-state index is 4.42. The first-order valence-electron chi connectivity index (χ1n) is 5.52. The van der Waals surface area contributed by atoms with E-state index in [1.807, 2.05) is 29.6 Å². The molecule has 0 bridgehead atoms. The molecule has 0 unspecified atom stereocenters. The average molecular weight is 218 g/mol. The van der Waals surface area contributed by atoms with E-state index in [4.69, 9.17) is 0 Å². The van der Waals surface area contributed by atoms with E-state index in [1.54, 1.807) is 0 Å². The van der Waals surface area contributed by atoms with Gasteiger partial charge in [0.2, 0.25) is 5.95 Å². The van der Waals surface area contributed by atoms with Gasteiger partial charge in [-0.3, -0.25) is 0 Å². The number of nitrogens with zero attached hydrogens (tertiary/aromatic N) is 3. The maximum atomic E-state index is 4.42. The molecule has 0 spiro atoms. The summed E-state index contributed by atoms with van der Waals surface area (Å²) in [5.74, 6) is 0.698. The van der Waals surface area contributed by atoms with Crippen LogP contribution in [0.25, 0.3) is 5.65 Å². The fraction of sp³-hybridized carbons (Fsp3) is 0.500. The number of aromatic nitrogens is 3. The van der Waals surface area contributed by atoms with Gasteiger partial charge in [0.05, 0.1) is 0 Å². The van der Waals surface area contributed by atoms with E-state index >= 15 is 0 Å². The largest absolute Gasteiger partial charge is 0.352 e. The lowest BCUT2D eigenvalue weighted by Gasteiger charge is -2.17. The number of anilines is 1. The van der Waals surface area contributed by atoms with Crippen molar-refractivity contribution in [1.29, 1.82) is 0 Å². The molecule has 0 aliphatic carbocycles. The van der Waals surface area contributed by atoms with Crippen molar-refractivity contribution in [2.75, 3.05) is 11.9 Å². The van der Waals surface area contributed by atoms with Crippen LogP contribution in [0, 0.1) is 12.3 Å². The van der Waals surface area contributed by atoms with Gasteiger partial charge in [0.25, 0.3) is 0 Å². The highest BCUT2D eigenvalue weighted by atomic mass is 15.3. The summed E-state index contributed by atoms with van der Waals surface area (Å²) in [6, 6.07) is 5.98. The molecule has 0 aliphatic heterocycles. The van der Waals surface area contributed by atoms with E-state index < -0.39 is 0 Å². The molecule has 2 aromatic rings. The Morgan fingerprint density at radius 2 is 2.06 bits per heavy atom. The lowest BCUT2D eigenvalue weighted by atomic mass is 9.97. The summed E-state index contributed by atoms with van der Waals surface area (Å²) in [7, 11) is 0. The number of hydrogen-bond acceptors (Lipinski definition) is 3. The normalized spacial score (nSPS) is 12.0. The fourth-order valence-electron chi connectivity index (χ4n) is 1.45. The highest BCUT2D eigenvalue weighted by molar-refractivity contribution is 5.44. The van der Waals surface area contributed by atoms with Gasteiger partial charge in [0.1, 0.15) is 0 Å². The molecule has 86 valence electrons. The highest BCUT2D eigenvalue weighted by Crippen LogP contribution is 2.14. The summed E-state index contributed by atoms with van der Waals surface area (Å²) >= 11 is 0. The number of fused-ring (bicyclic) bond motifs is 1. The number of rotatable bonds is 2. The van der Waals surface area contributed by atoms with Crippen molar-refractivity contribution in [3.63, 3.8) is 0 Å². The Kier molecular flexibility index (Phi) is 2.58. The zero-order valence-corrected chi connectivity index (χ0v) is 10.3. The van der Waals surface area contributed by atoms with Crippen LogP contribution in [0.4, 0.5) is 5.95 Å². The molecular formula is C12H18N4. The van der Waals surface area contributed by atoms with Crippen molar-refractivity contribution in [2.45, 2.75) is 27.7 Å². The molecule has 16 heavy (non-hydrogen) atoms. The molecule has 0 amide bonds. The fourth-order valence-corrected chi connectivity index (χ4v) is 1.45. The van der Waals surface area contributed by atoms with Crippen molar-refractivity contribution in [2.24, 2.45) is 5.41 Å². The van der Waals surface area contributed by atoms with Crippen LogP contribution in [0.3, 0.4) is 0 Å². The molecule has 0 saturated carbocycles. The maximum Gasteiger partial charge on any atom is 0.243 e. The van der Waals surface area contributed by atoms with E-state index in [2.05, 4.69) is 36.2 Å². The van der Waals surface area contributed by atoms with Crippen LogP contribution in [0.2, 0.25) is 0 Å². The molecule has 2 aromatic heterocycles. The van der Waals surface area contributed by atoms with Crippen molar-refractivity contribution in [3.8, 4) is 0 Å². The molecule has 0 radical (unpaired) electrons. The molecule has 1 N–H and O–H groups in total. The Morgan fingerprint density at radius 1 is 1.31 bits per heavy atom. The number of pyridine rings is 1. The molecule has 4 heteroatoms. The molecule has 0 aliphatic rings. The first-order chi connectivity index (χ1) is 7.46. The van der Waals surface area contributed by atoms with Gasteiger partial charge in [-0.2, -0.15) is 4.98 Å². The van der Waals surface area contributed by atoms with Gasteiger partial charge < -0.3 is 5.32 Å². The Bertz CT molecular complexity index is 493. The van der Waals surface area contributed by atoms with Gasteiger partial charge in [-0.15, -0.1) is 5.10 Å². The van der Waals surface area contributed by atoms with Crippen LogP contribution >= 0.6 is 0 Å². The van der Waals surface area contributed by atoms with Gasteiger partial charge in [-0.05, 0) is 24.5 Å². The molecule has 0 aromatic carbocycles. The molecule has 0 saturated heterocycles. The summed E-state index contributed by atoms with van der Waals surface area (Å²) < 4.78 is 1.85. The average Bonchev–Trinajstić information content (AvgIpc) is 2.58. The Balaban J connectivity index is 2.24. The van der Waals surface area contributed by atoms with E-state index in [-0.39, 0.29) is 5.41 Å². The molecular weight excluding hydrogens is 200 g/mol. The molecule has 2 heterocycles. The standard InChI is InChI=1S/C12H18N4/c1-9-6-5-7-10-14-11(15-16(9)10)13-8-12(2,3)4/h5-7H,8H2,1-4H3,(H,13,15). The molecule has 4 nitrogen and oxygen atoms in total. The van der Waals surface area contributed by atoms with Crippen LogP contribution in [0.5, 0.6) is 0 Å². The van der Waals surface area contributed by atoms with Gasteiger partial charge in [0, 0.05) is 12.2 Å². The smallest absolute Gasteiger partial charge is 0.243 e. The Hall–Kier alpha value is -1.58. The van der Waals surface area contributed by atoms with Crippen LogP contribution in [0.15, 0.2) is 18.2 Å². The predicted molar refractivity (Wildman–Crippen MR) is 65.7 cm³/mol. The molecule has 0 atom stereocenters. The summed E-state index contributed by atoms with van der Waals surface area (Å²) in [5, 5.41) is 7.67. The molecule has 0 fully saturated rings. The Labute approximate surface area is 95.7 Å². The van der Waals surface area contributed by atoms with Gasteiger partial charge in [-0.1, -0.05) is 26.8 Å². The van der Waals surface area contributed by atoms with E-state index in [1.165, 1.54) is 0 Å². The van der Waals surface area contributed by atoms with E-state index in [9.17, 15) is 0 Å². The molecule has 2 rings (SSSR count). The summed E-state index contributed by atoms with van der Waals surface area (Å²) in [6.45, 7) is 9.43. The predicted octanol–water partition coefficient (Wildman–Crippen LogP) is 2.50. The van der Waals surface area contributed by atoms with Gasteiger partial charge >= 0.3 is 0 Å². The first-order valence-corrected chi connectivity index (χ1v) is 5.52. The quantitative estimate of drug-likeness (QED) is 0.842. The number of nitrogens with one attached hydrogen (secondary N) is 1. The SMILES string of the molecule is Cc1cccc2nc(NCC(C)(C)C)nn12. The summed E-state index contributed by atoms with van der Waals surface area (Å²) in [4.78, 5) is 4.42. The van der Waals surface area contributed by atoms with Crippen LogP contribution in [-0.2, 0) is 0 Å². The third-order valence-corrected chi connectivity index (χ3v) is 2.33. The van der Waals surface area contributed by atoms with Gasteiger partial charge in [-0.25, -0.2) is 4.52 Å². The van der Waals surface area contributed by atoms with Crippen molar-refractivity contribution in [3.05, 3.63) is 23.9 Å². The monoisotopic (exact) mass is 218 g/mol. The summed E-state index contributed by atoms with van der Waals surface area (Å²) in [5.41, 5.74) is 2.21.